The highest BCUT2D eigenvalue weighted by Gasteiger charge is 2.26. The molecule has 0 bridgehead atoms. The summed E-state index contributed by atoms with van der Waals surface area (Å²) in [6, 6.07) is 15.4. The second-order valence-corrected chi connectivity index (χ2v) is 6.80. The lowest BCUT2D eigenvalue weighted by atomic mass is 9.97. The molecule has 3 nitrogen and oxygen atoms in total. The molecular formula is C20H28ClNO2. The average Bonchev–Trinajstić information content (AvgIpc) is 2.56. The molecule has 0 radical (unpaired) electrons. The molecule has 1 saturated heterocycles. The minimum Gasteiger partial charge on any atom is -0.491 e. The van der Waals surface area contributed by atoms with E-state index in [0.29, 0.717) is 25.2 Å². The zero-order chi connectivity index (χ0) is 16.2. The van der Waals surface area contributed by atoms with Crippen LogP contribution in [0, 0.1) is 0 Å². The minimum absolute atomic E-state index is 0. The molecule has 3 unspecified atom stereocenters. The fraction of sp³-hybridized carbons (Fsp3) is 0.500. The van der Waals surface area contributed by atoms with Crippen molar-refractivity contribution < 1.29 is 9.84 Å². The third kappa shape index (κ3) is 4.62. The normalized spacial score (nSPS) is 22.8. The first-order chi connectivity index (χ1) is 11.1. The Labute approximate surface area is 151 Å². The number of nitrogens with zero attached hydrogens (tertiary/aromatic N) is 1. The summed E-state index contributed by atoms with van der Waals surface area (Å²) in [6.07, 6.45) is 3.29. The van der Waals surface area contributed by atoms with Gasteiger partial charge in [0.1, 0.15) is 18.5 Å². The molecule has 1 heterocycles. The topological polar surface area (TPSA) is 32.7 Å². The van der Waals surface area contributed by atoms with Crippen molar-refractivity contribution in [2.24, 2.45) is 0 Å². The number of aliphatic hydroxyl groups excluding tert-OH is 1. The molecule has 4 heteroatoms. The monoisotopic (exact) mass is 349 g/mol. The molecular weight excluding hydrogens is 322 g/mol. The summed E-state index contributed by atoms with van der Waals surface area (Å²) < 4.78 is 5.81. The van der Waals surface area contributed by atoms with Gasteiger partial charge in [-0.3, -0.25) is 4.90 Å². The quantitative estimate of drug-likeness (QED) is 0.875. The standard InChI is InChI=1S/C20H27NO2.ClH/c1-15-6-5-7-16(2)21(15)13-19(22)14-23-20-11-10-17-8-3-4-9-18(17)12-20;/h3-4,8-12,15-16,19,22H,5-7,13-14H2,1-2H3;1H. The summed E-state index contributed by atoms with van der Waals surface area (Å²) in [7, 11) is 0. The molecule has 0 amide bonds. The molecule has 3 atom stereocenters. The van der Waals surface area contributed by atoms with Gasteiger partial charge in [0.05, 0.1) is 0 Å². The summed E-state index contributed by atoms with van der Waals surface area (Å²) in [4.78, 5) is 2.41. The summed E-state index contributed by atoms with van der Waals surface area (Å²) in [5.41, 5.74) is 0. The van der Waals surface area contributed by atoms with Crippen LogP contribution in [-0.4, -0.2) is 41.3 Å². The highest BCUT2D eigenvalue weighted by atomic mass is 35.5. The van der Waals surface area contributed by atoms with Crippen LogP contribution in [0.1, 0.15) is 33.1 Å². The van der Waals surface area contributed by atoms with Gasteiger partial charge in [-0.2, -0.15) is 0 Å². The number of rotatable bonds is 5. The number of aliphatic hydroxyl groups is 1. The summed E-state index contributed by atoms with van der Waals surface area (Å²) in [5.74, 6) is 0.822. The number of ether oxygens (including phenoxy) is 1. The first kappa shape index (κ1) is 19.0. The number of β-amino-alcohol motifs (C(OH)–C–C–N with tert-alkyl or cyclic N) is 1. The van der Waals surface area contributed by atoms with Gasteiger partial charge in [-0.25, -0.2) is 0 Å². The van der Waals surface area contributed by atoms with Gasteiger partial charge in [0.15, 0.2) is 0 Å². The van der Waals surface area contributed by atoms with E-state index in [4.69, 9.17) is 4.74 Å². The Hall–Kier alpha value is -1.29. The largest absolute Gasteiger partial charge is 0.491 e. The SMILES string of the molecule is CC1CCCC(C)N1CC(O)COc1ccc2ccccc2c1.Cl. The Morgan fingerprint density at radius 3 is 2.46 bits per heavy atom. The number of hydrogen-bond acceptors (Lipinski definition) is 3. The number of fused-ring (bicyclic) bond motifs is 1. The van der Waals surface area contributed by atoms with Gasteiger partial charge in [-0.05, 0) is 49.6 Å². The van der Waals surface area contributed by atoms with Crippen LogP contribution in [0.5, 0.6) is 5.75 Å². The molecule has 0 spiro atoms. The van der Waals surface area contributed by atoms with Crippen LogP contribution < -0.4 is 4.74 Å². The second-order valence-electron chi connectivity index (χ2n) is 6.80. The maximum absolute atomic E-state index is 10.3. The number of hydrogen-bond donors (Lipinski definition) is 1. The van der Waals surface area contributed by atoms with Crippen LogP contribution in [0.3, 0.4) is 0 Å². The molecule has 0 aromatic heterocycles. The Bertz CT molecular complexity index is 638. The van der Waals surface area contributed by atoms with Crippen molar-refractivity contribution in [1.29, 1.82) is 0 Å². The van der Waals surface area contributed by atoms with Crippen molar-refractivity contribution in [2.75, 3.05) is 13.2 Å². The number of likely N-dealkylation sites (tertiary alicyclic amines) is 1. The lowest BCUT2D eigenvalue weighted by Gasteiger charge is -2.40. The van der Waals surface area contributed by atoms with Gasteiger partial charge in [-0.1, -0.05) is 36.8 Å². The molecule has 2 aromatic rings. The van der Waals surface area contributed by atoms with Crippen LogP contribution in [-0.2, 0) is 0 Å². The van der Waals surface area contributed by atoms with Crippen molar-refractivity contribution in [3.63, 3.8) is 0 Å². The molecule has 1 N–H and O–H groups in total. The third-order valence-corrected chi connectivity index (χ3v) is 4.96. The maximum atomic E-state index is 10.3. The van der Waals surface area contributed by atoms with E-state index in [0.717, 1.165) is 11.1 Å². The molecule has 0 aliphatic carbocycles. The molecule has 3 rings (SSSR count). The van der Waals surface area contributed by atoms with E-state index in [1.165, 1.54) is 24.6 Å². The Morgan fingerprint density at radius 2 is 1.75 bits per heavy atom. The molecule has 1 aliphatic rings. The van der Waals surface area contributed by atoms with Gasteiger partial charge < -0.3 is 9.84 Å². The highest BCUT2D eigenvalue weighted by Crippen LogP contribution is 2.23. The smallest absolute Gasteiger partial charge is 0.120 e. The Morgan fingerprint density at radius 1 is 1.08 bits per heavy atom. The molecule has 0 saturated carbocycles. The number of benzene rings is 2. The van der Waals surface area contributed by atoms with E-state index in [1.807, 2.05) is 24.3 Å². The molecule has 24 heavy (non-hydrogen) atoms. The van der Waals surface area contributed by atoms with E-state index in [-0.39, 0.29) is 12.4 Å². The van der Waals surface area contributed by atoms with E-state index in [1.54, 1.807) is 0 Å². The summed E-state index contributed by atoms with van der Waals surface area (Å²) in [5, 5.41) is 12.7. The van der Waals surface area contributed by atoms with Crippen LogP contribution in [0.25, 0.3) is 10.8 Å². The van der Waals surface area contributed by atoms with Gasteiger partial charge in [0.2, 0.25) is 0 Å². The van der Waals surface area contributed by atoms with Crippen LogP contribution in [0.2, 0.25) is 0 Å². The fourth-order valence-electron chi connectivity index (χ4n) is 3.58. The zero-order valence-corrected chi connectivity index (χ0v) is 15.3. The van der Waals surface area contributed by atoms with Gasteiger partial charge in [0.25, 0.3) is 0 Å². The summed E-state index contributed by atoms with van der Waals surface area (Å²) in [6.45, 7) is 5.54. The third-order valence-electron chi connectivity index (χ3n) is 4.96. The van der Waals surface area contributed by atoms with Crippen molar-refractivity contribution >= 4 is 23.2 Å². The lowest BCUT2D eigenvalue weighted by Crippen LogP contribution is -2.48. The molecule has 132 valence electrons. The first-order valence-electron chi connectivity index (χ1n) is 8.69. The van der Waals surface area contributed by atoms with E-state index in [2.05, 4.69) is 36.9 Å². The van der Waals surface area contributed by atoms with Crippen molar-refractivity contribution in [3.8, 4) is 5.75 Å². The maximum Gasteiger partial charge on any atom is 0.120 e. The van der Waals surface area contributed by atoms with Crippen LogP contribution in [0.15, 0.2) is 42.5 Å². The molecule has 1 aliphatic heterocycles. The summed E-state index contributed by atoms with van der Waals surface area (Å²) >= 11 is 0. The zero-order valence-electron chi connectivity index (χ0n) is 14.5. The van der Waals surface area contributed by atoms with Crippen molar-refractivity contribution in [2.45, 2.75) is 51.3 Å². The molecule has 2 aromatic carbocycles. The lowest BCUT2D eigenvalue weighted by molar-refractivity contribution is 0.0209. The first-order valence-corrected chi connectivity index (χ1v) is 8.69. The minimum atomic E-state index is -0.454. The predicted molar refractivity (Wildman–Crippen MR) is 102 cm³/mol. The Kier molecular flexibility index (Phi) is 6.90. The second kappa shape index (κ2) is 8.70. The number of halogens is 1. The number of piperidine rings is 1. The van der Waals surface area contributed by atoms with Gasteiger partial charge >= 0.3 is 0 Å². The highest BCUT2D eigenvalue weighted by molar-refractivity contribution is 5.85. The van der Waals surface area contributed by atoms with E-state index >= 15 is 0 Å². The van der Waals surface area contributed by atoms with Crippen molar-refractivity contribution in [1.82, 2.24) is 4.90 Å². The van der Waals surface area contributed by atoms with Crippen LogP contribution >= 0.6 is 12.4 Å². The fourth-order valence-corrected chi connectivity index (χ4v) is 3.58. The van der Waals surface area contributed by atoms with E-state index < -0.39 is 6.10 Å². The predicted octanol–water partition coefficient (Wildman–Crippen LogP) is 4.26. The van der Waals surface area contributed by atoms with Crippen LogP contribution in [0.4, 0.5) is 0 Å². The van der Waals surface area contributed by atoms with Gasteiger partial charge in [0, 0.05) is 18.6 Å². The average molecular weight is 350 g/mol. The Balaban J connectivity index is 0.00000208. The van der Waals surface area contributed by atoms with E-state index in [9.17, 15) is 5.11 Å². The molecule has 1 fully saturated rings. The van der Waals surface area contributed by atoms with Crippen molar-refractivity contribution in [3.05, 3.63) is 42.5 Å². The van der Waals surface area contributed by atoms with Gasteiger partial charge in [-0.15, -0.1) is 12.4 Å².